The zero-order chi connectivity index (χ0) is 13.7. The minimum Gasteiger partial charge on any atom is -0.361 e. The van der Waals surface area contributed by atoms with Crippen LogP contribution in [-0.2, 0) is 0 Å². The summed E-state index contributed by atoms with van der Waals surface area (Å²) in [6.45, 7) is 11.1. The largest absolute Gasteiger partial charge is 0.361 e. The molecule has 2 aliphatic rings. The molecule has 4 heteroatoms. The lowest BCUT2D eigenvalue weighted by molar-refractivity contribution is 0.281. The molecule has 0 bridgehead atoms. The fourth-order valence-corrected chi connectivity index (χ4v) is 4.46. The number of hydrogen-bond acceptors (Lipinski definition) is 4. The maximum atomic E-state index is 4.81. The normalized spacial score (nSPS) is 23.7. The highest BCUT2D eigenvalue weighted by atomic mass is 32.2. The Morgan fingerprint density at radius 3 is 2.53 bits per heavy atom. The van der Waals surface area contributed by atoms with Gasteiger partial charge in [-0.2, -0.15) is 0 Å². The van der Waals surface area contributed by atoms with Crippen LogP contribution in [0.4, 0.5) is 0 Å². The SMILES string of the molecule is CCN(CC)CC(C)NC1=NCC2(CCCC2)CS1. The van der Waals surface area contributed by atoms with Crippen molar-refractivity contribution in [1.82, 2.24) is 10.2 Å². The molecule has 0 aromatic carbocycles. The van der Waals surface area contributed by atoms with E-state index < -0.39 is 0 Å². The van der Waals surface area contributed by atoms with Crippen LogP contribution in [0.1, 0.15) is 46.5 Å². The van der Waals surface area contributed by atoms with Crippen molar-refractivity contribution in [1.29, 1.82) is 0 Å². The highest BCUT2D eigenvalue weighted by Gasteiger charge is 2.36. The third kappa shape index (κ3) is 4.12. The molecule has 1 spiro atoms. The van der Waals surface area contributed by atoms with E-state index in [1.54, 1.807) is 0 Å². The number of amidine groups is 1. The Morgan fingerprint density at radius 2 is 2.00 bits per heavy atom. The van der Waals surface area contributed by atoms with E-state index in [-0.39, 0.29) is 0 Å². The molecule has 1 unspecified atom stereocenters. The Morgan fingerprint density at radius 1 is 1.32 bits per heavy atom. The molecule has 110 valence electrons. The first-order chi connectivity index (χ1) is 9.17. The van der Waals surface area contributed by atoms with Crippen molar-refractivity contribution in [2.24, 2.45) is 10.4 Å². The molecular formula is C15H29N3S. The predicted molar refractivity (Wildman–Crippen MR) is 86.0 cm³/mol. The first-order valence-corrected chi connectivity index (χ1v) is 8.82. The molecule has 2 rings (SSSR count). The molecule has 0 saturated heterocycles. The van der Waals surface area contributed by atoms with Crippen LogP contribution in [0.2, 0.25) is 0 Å². The van der Waals surface area contributed by atoms with Gasteiger partial charge in [0.05, 0.1) is 0 Å². The Kier molecular flexibility index (Phi) is 5.58. The first-order valence-electron chi connectivity index (χ1n) is 7.83. The zero-order valence-corrected chi connectivity index (χ0v) is 13.6. The lowest BCUT2D eigenvalue weighted by Gasteiger charge is -2.32. The Labute approximate surface area is 122 Å². The van der Waals surface area contributed by atoms with Crippen LogP contribution in [-0.4, -0.2) is 48.0 Å². The predicted octanol–water partition coefficient (Wildman–Crippen LogP) is 2.97. The molecule has 0 aromatic rings. The van der Waals surface area contributed by atoms with Crippen LogP contribution < -0.4 is 5.32 Å². The van der Waals surface area contributed by atoms with Crippen LogP contribution in [0.3, 0.4) is 0 Å². The second-order valence-electron chi connectivity index (χ2n) is 6.15. The highest BCUT2D eigenvalue weighted by Crippen LogP contribution is 2.43. The summed E-state index contributed by atoms with van der Waals surface area (Å²) in [7, 11) is 0. The summed E-state index contributed by atoms with van der Waals surface area (Å²) in [5.41, 5.74) is 0.554. The summed E-state index contributed by atoms with van der Waals surface area (Å²) >= 11 is 1.95. The van der Waals surface area contributed by atoms with Crippen molar-refractivity contribution >= 4 is 16.9 Å². The Hall–Kier alpha value is -0.220. The van der Waals surface area contributed by atoms with Gasteiger partial charge in [0.25, 0.3) is 0 Å². The van der Waals surface area contributed by atoms with Crippen molar-refractivity contribution in [3.05, 3.63) is 0 Å². The van der Waals surface area contributed by atoms with E-state index in [4.69, 9.17) is 4.99 Å². The fraction of sp³-hybridized carbons (Fsp3) is 0.933. The average molecular weight is 283 g/mol. The maximum absolute atomic E-state index is 4.81. The standard InChI is InChI=1S/C15H29N3S/c1-4-18(5-2)10-13(3)17-14-16-11-15(12-19-14)8-6-7-9-15/h13H,4-12H2,1-3H3,(H,16,17). The van der Waals surface area contributed by atoms with Crippen LogP contribution in [0.5, 0.6) is 0 Å². The van der Waals surface area contributed by atoms with Crippen molar-refractivity contribution in [2.45, 2.75) is 52.5 Å². The molecule has 1 fully saturated rings. The molecule has 19 heavy (non-hydrogen) atoms. The van der Waals surface area contributed by atoms with E-state index in [1.165, 1.54) is 36.6 Å². The summed E-state index contributed by atoms with van der Waals surface area (Å²) in [6.07, 6.45) is 5.62. The topological polar surface area (TPSA) is 27.6 Å². The lowest BCUT2D eigenvalue weighted by atomic mass is 9.89. The molecule has 1 N–H and O–H groups in total. The van der Waals surface area contributed by atoms with Gasteiger partial charge in [-0.05, 0) is 38.3 Å². The van der Waals surface area contributed by atoms with E-state index in [0.717, 1.165) is 26.2 Å². The number of aliphatic imine (C=N–C) groups is 1. The molecular weight excluding hydrogens is 254 g/mol. The Balaban J connectivity index is 1.78. The van der Waals surface area contributed by atoms with Crippen molar-refractivity contribution < 1.29 is 0 Å². The van der Waals surface area contributed by atoms with E-state index in [9.17, 15) is 0 Å². The van der Waals surface area contributed by atoms with E-state index in [0.29, 0.717) is 11.5 Å². The summed E-state index contributed by atoms with van der Waals surface area (Å²) in [6, 6.07) is 0.490. The molecule has 1 heterocycles. The van der Waals surface area contributed by atoms with Gasteiger partial charge in [0, 0.05) is 24.9 Å². The zero-order valence-electron chi connectivity index (χ0n) is 12.7. The fourth-order valence-electron chi connectivity index (χ4n) is 3.19. The first kappa shape index (κ1) is 15.2. The summed E-state index contributed by atoms with van der Waals surface area (Å²) in [5.74, 6) is 1.27. The van der Waals surface area contributed by atoms with E-state index in [1.807, 2.05) is 11.8 Å². The van der Waals surface area contributed by atoms with Gasteiger partial charge >= 0.3 is 0 Å². The number of likely N-dealkylation sites (N-methyl/N-ethyl adjacent to an activating group) is 1. The number of hydrogen-bond donors (Lipinski definition) is 1. The quantitative estimate of drug-likeness (QED) is 0.840. The summed E-state index contributed by atoms with van der Waals surface area (Å²) in [5, 5.41) is 4.77. The van der Waals surface area contributed by atoms with Crippen molar-refractivity contribution in [2.75, 3.05) is 31.9 Å². The molecule has 0 radical (unpaired) electrons. The smallest absolute Gasteiger partial charge is 0.156 e. The van der Waals surface area contributed by atoms with Gasteiger partial charge in [-0.1, -0.05) is 38.5 Å². The second kappa shape index (κ2) is 6.98. The van der Waals surface area contributed by atoms with Crippen molar-refractivity contribution in [3.63, 3.8) is 0 Å². The van der Waals surface area contributed by atoms with E-state index in [2.05, 4.69) is 31.0 Å². The summed E-state index contributed by atoms with van der Waals surface area (Å²) < 4.78 is 0. The molecule has 1 atom stereocenters. The number of nitrogens with zero attached hydrogens (tertiary/aromatic N) is 2. The van der Waals surface area contributed by atoms with Crippen LogP contribution in [0.15, 0.2) is 4.99 Å². The average Bonchev–Trinajstić information content (AvgIpc) is 2.87. The van der Waals surface area contributed by atoms with Crippen LogP contribution in [0.25, 0.3) is 0 Å². The van der Waals surface area contributed by atoms with Crippen LogP contribution in [0, 0.1) is 5.41 Å². The number of rotatable bonds is 5. The van der Waals surface area contributed by atoms with Crippen LogP contribution >= 0.6 is 11.8 Å². The van der Waals surface area contributed by atoms with Gasteiger partial charge in [-0.3, -0.25) is 4.99 Å². The minimum atomic E-state index is 0.490. The molecule has 0 aromatic heterocycles. The third-order valence-corrected chi connectivity index (χ3v) is 5.81. The molecule has 1 aliphatic carbocycles. The molecule has 0 amide bonds. The van der Waals surface area contributed by atoms with Gasteiger partial charge in [-0.25, -0.2) is 0 Å². The van der Waals surface area contributed by atoms with Gasteiger partial charge in [0.1, 0.15) is 0 Å². The highest BCUT2D eigenvalue weighted by molar-refractivity contribution is 8.13. The van der Waals surface area contributed by atoms with Gasteiger partial charge in [0.15, 0.2) is 5.17 Å². The summed E-state index contributed by atoms with van der Waals surface area (Å²) in [4.78, 5) is 7.28. The number of thioether (sulfide) groups is 1. The van der Waals surface area contributed by atoms with Gasteiger partial charge in [-0.15, -0.1) is 0 Å². The van der Waals surface area contributed by atoms with E-state index >= 15 is 0 Å². The molecule has 1 saturated carbocycles. The monoisotopic (exact) mass is 283 g/mol. The third-order valence-electron chi connectivity index (χ3n) is 4.53. The number of nitrogens with one attached hydrogen (secondary N) is 1. The lowest BCUT2D eigenvalue weighted by Crippen LogP contribution is -2.43. The van der Waals surface area contributed by atoms with Crippen molar-refractivity contribution in [3.8, 4) is 0 Å². The Bertz CT molecular complexity index is 307. The maximum Gasteiger partial charge on any atom is 0.156 e. The molecule has 1 aliphatic heterocycles. The second-order valence-corrected chi connectivity index (χ2v) is 7.11. The minimum absolute atomic E-state index is 0.490. The molecule has 3 nitrogen and oxygen atoms in total. The van der Waals surface area contributed by atoms with Gasteiger partial charge < -0.3 is 10.2 Å². The van der Waals surface area contributed by atoms with Gasteiger partial charge in [0.2, 0.25) is 0 Å².